The number of carbonyl (C=O) groups excluding carboxylic acids is 1. The highest BCUT2D eigenvalue weighted by molar-refractivity contribution is 7.13. The van der Waals surface area contributed by atoms with E-state index in [1.54, 1.807) is 11.5 Å². The molecule has 0 radical (unpaired) electrons. The third-order valence-corrected chi connectivity index (χ3v) is 6.67. The number of unbranched alkanes of at least 4 members (excludes halogenated alkanes) is 1. The van der Waals surface area contributed by atoms with Crippen molar-refractivity contribution in [2.24, 2.45) is 0 Å². The molecule has 0 aliphatic carbocycles. The second kappa shape index (κ2) is 9.02. The average molecular weight is 387 g/mol. The summed E-state index contributed by atoms with van der Waals surface area (Å²) in [7, 11) is 0. The van der Waals surface area contributed by atoms with Gasteiger partial charge in [0.2, 0.25) is 5.91 Å². The Kier molecular flexibility index (Phi) is 6.24. The van der Waals surface area contributed by atoms with Crippen molar-refractivity contribution in [3.8, 4) is 0 Å². The summed E-state index contributed by atoms with van der Waals surface area (Å²) in [5.41, 5.74) is 0. The average Bonchev–Trinajstić information content (AvgIpc) is 3.03. The molecule has 0 unspecified atom stereocenters. The smallest absolute Gasteiger partial charge is 0.222 e. The SMILES string of the molecule is O=C1CCCCCN1CCCCN1CCN(c2nsc3ccccc23)CC1. The first-order valence-corrected chi connectivity index (χ1v) is 11.2. The minimum atomic E-state index is 0.372. The van der Waals surface area contributed by atoms with Gasteiger partial charge in [-0.05, 0) is 55.9 Å². The molecule has 0 spiro atoms. The predicted octanol–water partition coefficient (Wildman–Crippen LogP) is 3.60. The molecule has 4 rings (SSSR count). The first-order valence-electron chi connectivity index (χ1n) is 10.4. The summed E-state index contributed by atoms with van der Waals surface area (Å²) in [6.45, 7) is 7.38. The third kappa shape index (κ3) is 4.61. The topological polar surface area (TPSA) is 39.7 Å². The lowest BCUT2D eigenvalue weighted by molar-refractivity contribution is -0.130. The van der Waals surface area contributed by atoms with Crippen molar-refractivity contribution in [1.82, 2.24) is 14.2 Å². The largest absolute Gasteiger partial charge is 0.353 e. The van der Waals surface area contributed by atoms with Crippen LogP contribution < -0.4 is 4.90 Å². The van der Waals surface area contributed by atoms with Crippen molar-refractivity contribution in [2.75, 3.05) is 50.7 Å². The lowest BCUT2D eigenvalue weighted by atomic mass is 10.2. The van der Waals surface area contributed by atoms with Crippen LogP contribution in [0.25, 0.3) is 10.1 Å². The van der Waals surface area contributed by atoms with Crippen LogP contribution in [0.2, 0.25) is 0 Å². The van der Waals surface area contributed by atoms with Crippen LogP contribution >= 0.6 is 11.5 Å². The fourth-order valence-electron chi connectivity index (χ4n) is 4.20. The van der Waals surface area contributed by atoms with Gasteiger partial charge in [0, 0.05) is 51.1 Å². The fourth-order valence-corrected chi connectivity index (χ4v) is 4.99. The van der Waals surface area contributed by atoms with Gasteiger partial charge in [-0.2, -0.15) is 4.37 Å². The van der Waals surface area contributed by atoms with Gasteiger partial charge in [0.25, 0.3) is 0 Å². The molecule has 27 heavy (non-hydrogen) atoms. The van der Waals surface area contributed by atoms with Crippen LogP contribution in [0.3, 0.4) is 0 Å². The molecule has 0 atom stereocenters. The molecule has 1 amide bonds. The summed E-state index contributed by atoms with van der Waals surface area (Å²) < 4.78 is 5.97. The summed E-state index contributed by atoms with van der Waals surface area (Å²) in [5, 5.41) is 1.29. The Labute approximate surface area is 166 Å². The van der Waals surface area contributed by atoms with E-state index < -0.39 is 0 Å². The van der Waals surface area contributed by atoms with E-state index in [2.05, 4.69) is 39.0 Å². The Morgan fingerprint density at radius 1 is 0.926 bits per heavy atom. The van der Waals surface area contributed by atoms with Gasteiger partial charge >= 0.3 is 0 Å². The maximum absolute atomic E-state index is 12.1. The molecule has 2 aliphatic heterocycles. The zero-order valence-electron chi connectivity index (χ0n) is 16.1. The molecule has 2 aromatic rings. The van der Waals surface area contributed by atoms with Crippen LogP contribution in [0, 0.1) is 0 Å². The van der Waals surface area contributed by atoms with Crippen molar-refractivity contribution in [2.45, 2.75) is 38.5 Å². The molecule has 1 aromatic heterocycles. The molecule has 5 nitrogen and oxygen atoms in total. The molecule has 2 aliphatic rings. The van der Waals surface area contributed by atoms with Gasteiger partial charge in [-0.3, -0.25) is 9.69 Å². The molecule has 146 valence electrons. The first kappa shape index (κ1) is 18.7. The van der Waals surface area contributed by atoms with Gasteiger partial charge < -0.3 is 9.80 Å². The number of hydrogen-bond donors (Lipinski definition) is 0. The van der Waals surface area contributed by atoms with E-state index in [1.165, 1.54) is 29.3 Å². The molecular weight excluding hydrogens is 356 g/mol. The van der Waals surface area contributed by atoms with Crippen molar-refractivity contribution in [1.29, 1.82) is 0 Å². The van der Waals surface area contributed by atoms with Gasteiger partial charge in [-0.1, -0.05) is 18.6 Å². The maximum Gasteiger partial charge on any atom is 0.222 e. The fraction of sp³-hybridized carbons (Fsp3) is 0.619. The van der Waals surface area contributed by atoms with Crippen molar-refractivity contribution < 1.29 is 4.79 Å². The van der Waals surface area contributed by atoms with Crippen LogP contribution in [0.1, 0.15) is 38.5 Å². The monoisotopic (exact) mass is 386 g/mol. The first-order chi connectivity index (χ1) is 13.3. The minimum Gasteiger partial charge on any atom is -0.353 e. The highest BCUT2D eigenvalue weighted by Crippen LogP contribution is 2.29. The Morgan fingerprint density at radius 3 is 2.63 bits per heavy atom. The summed E-state index contributed by atoms with van der Waals surface area (Å²) in [6, 6.07) is 8.53. The second-order valence-electron chi connectivity index (χ2n) is 7.73. The zero-order chi connectivity index (χ0) is 18.5. The molecule has 0 bridgehead atoms. The number of hydrogen-bond acceptors (Lipinski definition) is 5. The highest BCUT2D eigenvalue weighted by Gasteiger charge is 2.21. The van der Waals surface area contributed by atoms with Crippen LogP contribution in [0.5, 0.6) is 0 Å². The number of nitrogens with zero attached hydrogens (tertiary/aromatic N) is 4. The van der Waals surface area contributed by atoms with Crippen LogP contribution in [-0.2, 0) is 4.79 Å². The van der Waals surface area contributed by atoms with Crippen LogP contribution in [-0.4, -0.2) is 65.9 Å². The van der Waals surface area contributed by atoms with E-state index in [1.807, 2.05) is 0 Å². The Morgan fingerprint density at radius 2 is 1.74 bits per heavy atom. The zero-order valence-corrected chi connectivity index (χ0v) is 16.9. The molecule has 0 N–H and O–H groups in total. The van der Waals surface area contributed by atoms with Gasteiger partial charge in [0.1, 0.15) is 5.82 Å². The Hall–Kier alpha value is -1.66. The number of anilines is 1. The van der Waals surface area contributed by atoms with Crippen LogP contribution in [0.15, 0.2) is 24.3 Å². The molecule has 1 aromatic carbocycles. The van der Waals surface area contributed by atoms with Crippen molar-refractivity contribution >= 4 is 33.3 Å². The number of carbonyl (C=O) groups is 1. The summed E-state index contributed by atoms with van der Waals surface area (Å²) in [4.78, 5) is 19.2. The number of likely N-dealkylation sites (tertiary alicyclic amines) is 1. The normalized spacial score (nSPS) is 19.6. The Balaban J connectivity index is 1.19. The van der Waals surface area contributed by atoms with Gasteiger partial charge in [-0.15, -0.1) is 0 Å². The number of aromatic nitrogens is 1. The third-order valence-electron chi connectivity index (χ3n) is 5.85. The van der Waals surface area contributed by atoms with Crippen LogP contribution in [0.4, 0.5) is 5.82 Å². The maximum atomic E-state index is 12.1. The molecule has 2 saturated heterocycles. The summed E-state index contributed by atoms with van der Waals surface area (Å²) >= 11 is 1.60. The molecular formula is C21H30N4OS. The van der Waals surface area contributed by atoms with E-state index in [4.69, 9.17) is 4.37 Å². The van der Waals surface area contributed by atoms with E-state index in [0.29, 0.717) is 5.91 Å². The minimum absolute atomic E-state index is 0.372. The lowest BCUT2D eigenvalue weighted by Gasteiger charge is -2.35. The Bertz CT molecular complexity index is 753. The van der Waals surface area contributed by atoms with Crippen molar-refractivity contribution in [3.63, 3.8) is 0 Å². The summed E-state index contributed by atoms with van der Waals surface area (Å²) in [6.07, 6.45) is 6.53. The molecule has 6 heteroatoms. The van der Waals surface area contributed by atoms with E-state index >= 15 is 0 Å². The predicted molar refractivity (Wildman–Crippen MR) is 113 cm³/mol. The van der Waals surface area contributed by atoms with Gasteiger partial charge in [0.15, 0.2) is 0 Å². The number of rotatable bonds is 6. The molecule has 0 saturated carbocycles. The van der Waals surface area contributed by atoms with E-state index in [-0.39, 0.29) is 0 Å². The van der Waals surface area contributed by atoms with E-state index in [0.717, 1.165) is 70.9 Å². The number of piperazine rings is 1. The van der Waals surface area contributed by atoms with E-state index in [9.17, 15) is 4.79 Å². The number of benzene rings is 1. The van der Waals surface area contributed by atoms with Gasteiger partial charge in [-0.25, -0.2) is 0 Å². The highest BCUT2D eigenvalue weighted by atomic mass is 32.1. The molecule has 3 heterocycles. The number of fused-ring (bicyclic) bond motifs is 1. The van der Waals surface area contributed by atoms with Gasteiger partial charge in [0.05, 0.1) is 4.70 Å². The standard InChI is InChI=1S/C21H30N4OS/c26-20-10-2-1-5-12-24(20)13-7-6-11-23-14-16-25(17-15-23)21-18-8-3-4-9-19(18)27-22-21/h3-4,8-9H,1-2,5-7,10-17H2. The summed E-state index contributed by atoms with van der Waals surface area (Å²) in [5.74, 6) is 1.53. The lowest BCUT2D eigenvalue weighted by Crippen LogP contribution is -2.46. The quantitative estimate of drug-likeness (QED) is 0.711. The molecule has 2 fully saturated rings. The number of amides is 1. The van der Waals surface area contributed by atoms with Crippen molar-refractivity contribution in [3.05, 3.63) is 24.3 Å². The second-order valence-corrected chi connectivity index (χ2v) is 8.53.